The fourth-order valence-electron chi connectivity index (χ4n) is 2.83. The Morgan fingerprint density at radius 1 is 1.31 bits per heavy atom. The number of ether oxygens (including phenoxy) is 1. The molecule has 152 valence electrons. The molecule has 0 atom stereocenters. The molecule has 3 rings (SSSR count). The van der Waals surface area contributed by atoms with Gasteiger partial charge in [0.15, 0.2) is 0 Å². The summed E-state index contributed by atoms with van der Waals surface area (Å²) in [6, 6.07) is 7.43. The molecule has 2 heterocycles. The van der Waals surface area contributed by atoms with E-state index in [1.54, 1.807) is 36.9 Å². The number of pyridine rings is 1. The van der Waals surface area contributed by atoms with Crippen LogP contribution in [0.25, 0.3) is 0 Å². The van der Waals surface area contributed by atoms with Gasteiger partial charge in [-0.05, 0) is 30.7 Å². The number of rotatable bonds is 8. The molecule has 0 aliphatic heterocycles. The Morgan fingerprint density at radius 3 is 2.90 bits per heavy atom. The number of nitrogens with one attached hydrogen (secondary N) is 1. The van der Waals surface area contributed by atoms with Crippen molar-refractivity contribution in [2.24, 2.45) is 0 Å². The van der Waals surface area contributed by atoms with Crippen molar-refractivity contribution in [3.8, 4) is 5.88 Å². The van der Waals surface area contributed by atoms with Crippen LogP contribution in [0.5, 0.6) is 5.88 Å². The van der Waals surface area contributed by atoms with Gasteiger partial charge in [0.1, 0.15) is 11.5 Å². The predicted octanol–water partition coefficient (Wildman–Crippen LogP) is 4.20. The van der Waals surface area contributed by atoms with Crippen LogP contribution in [0.1, 0.15) is 12.0 Å². The van der Waals surface area contributed by atoms with Crippen molar-refractivity contribution in [2.45, 2.75) is 19.5 Å². The normalized spacial score (nSPS) is 10.6. The van der Waals surface area contributed by atoms with Gasteiger partial charge in [-0.15, -0.1) is 0 Å². The van der Waals surface area contributed by atoms with Crippen molar-refractivity contribution in [1.29, 1.82) is 0 Å². The summed E-state index contributed by atoms with van der Waals surface area (Å²) < 4.78 is 21.4. The average Bonchev–Trinajstić information content (AvgIpc) is 3.23. The number of aromatic nitrogens is 3. The van der Waals surface area contributed by atoms with Gasteiger partial charge in [0.25, 0.3) is 0 Å². The SMILES string of the molecule is COc1ncccc1NC(=O)N(CCCn1ccnc1)Cc1c(F)cccc1Cl. The largest absolute Gasteiger partial charge is 0.480 e. The minimum absolute atomic E-state index is 0.0316. The monoisotopic (exact) mass is 417 g/mol. The van der Waals surface area contributed by atoms with E-state index in [9.17, 15) is 9.18 Å². The third kappa shape index (κ3) is 5.45. The van der Waals surface area contributed by atoms with Gasteiger partial charge in [0, 0.05) is 42.3 Å². The minimum Gasteiger partial charge on any atom is -0.480 e. The minimum atomic E-state index is -0.455. The van der Waals surface area contributed by atoms with E-state index < -0.39 is 11.8 Å². The molecule has 7 nitrogen and oxygen atoms in total. The van der Waals surface area contributed by atoms with E-state index in [1.807, 2.05) is 10.8 Å². The Labute approximate surface area is 173 Å². The smallest absolute Gasteiger partial charge is 0.322 e. The summed E-state index contributed by atoms with van der Waals surface area (Å²) in [5, 5.41) is 3.05. The van der Waals surface area contributed by atoms with Gasteiger partial charge in [-0.3, -0.25) is 0 Å². The summed E-state index contributed by atoms with van der Waals surface area (Å²) in [5.74, 6) is -0.160. The highest BCUT2D eigenvalue weighted by molar-refractivity contribution is 6.31. The van der Waals surface area contributed by atoms with Crippen LogP contribution < -0.4 is 10.1 Å². The molecule has 1 N–H and O–H groups in total. The maximum Gasteiger partial charge on any atom is 0.322 e. The topological polar surface area (TPSA) is 72.3 Å². The Balaban J connectivity index is 1.76. The summed E-state index contributed by atoms with van der Waals surface area (Å²) in [6.45, 7) is 1.09. The summed E-state index contributed by atoms with van der Waals surface area (Å²) in [5.41, 5.74) is 0.698. The molecule has 0 fully saturated rings. The Hall–Kier alpha value is -3.13. The Morgan fingerprint density at radius 2 is 2.17 bits per heavy atom. The van der Waals surface area contributed by atoms with Crippen LogP contribution in [-0.4, -0.2) is 39.1 Å². The second-order valence-electron chi connectivity index (χ2n) is 6.27. The lowest BCUT2D eigenvalue weighted by atomic mass is 10.2. The molecule has 9 heteroatoms. The van der Waals surface area contributed by atoms with Crippen LogP contribution in [-0.2, 0) is 13.1 Å². The fraction of sp³-hybridized carbons (Fsp3) is 0.250. The number of halogens is 2. The highest BCUT2D eigenvalue weighted by Gasteiger charge is 2.19. The van der Waals surface area contributed by atoms with Crippen LogP contribution in [0.4, 0.5) is 14.9 Å². The van der Waals surface area contributed by atoms with Crippen LogP contribution in [0, 0.1) is 5.82 Å². The standard InChI is InChI=1S/C20H21ClFN5O2/c1-29-19-18(7-3-8-24-19)25-20(28)27(11-4-10-26-12-9-23-14-26)13-15-16(21)5-2-6-17(15)22/h2-3,5-9,12,14H,4,10-11,13H2,1H3,(H,25,28). The van der Waals surface area contributed by atoms with Crippen LogP contribution >= 0.6 is 11.6 Å². The first-order chi connectivity index (χ1) is 14.1. The molecule has 0 aliphatic rings. The zero-order chi connectivity index (χ0) is 20.6. The fourth-order valence-corrected chi connectivity index (χ4v) is 3.06. The number of imidazole rings is 1. The highest BCUT2D eigenvalue weighted by atomic mass is 35.5. The van der Waals surface area contributed by atoms with E-state index in [-0.39, 0.29) is 17.1 Å². The lowest BCUT2D eigenvalue weighted by molar-refractivity contribution is 0.206. The average molecular weight is 418 g/mol. The second-order valence-corrected chi connectivity index (χ2v) is 6.67. The van der Waals surface area contributed by atoms with Gasteiger partial charge < -0.3 is 19.5 Å². The molecule has 0 radical (unpaired) electrons. The number of hydrogen-bond donors (Lipinski definition) is 1. The number of amides is 2. The molecule has 0 saturated carbocycles. The lowest BCUT2D eigenvalue weighted by Crippen LogP contribution is -2.36. The first kappa shape index (κ1) is 20.6. The van der Waals surface area contributed by atoms with E-state index in [0.717, 1.165) is 0 Å². The van der Waals surface area contributed by atoms with Crippen molar-refractivity contribution in [3.63, 3.8) is 0 Å². The number of carbonyl (C=O) groups excluding carboxylic acids is 1. The van der Waals surface area contributed by atoms with Crippen LogP contribution in [0.2, 0.25) is 5.02 Å². The van der Waals surface area contributed by atoms with Crippen molar-refractivity contribution in [2.75, 3.05) is 19.0 Å². The summed E-state index contributed by atoms with van der Waals surface area (Å²) in [6.07, 6.45) is 7.46. The molecule has 3 aromatic rings. The highest BCUT2D eigenvalue weighted by Crippen LogP contribution is 2.23. The molecule has 2 amide bonds. The molecular weight excluding hydrogens is 397 g/mol. The third-order valence-corrected chi connectivity index (χ3v) is 4.66. The maximum absolute atomic E-state index is 14.3. The van der Waals surface area contributed by atoms with Gasteiger partial charge in [-0.2, -0.15) is 0 Å². The van der Waals surface area contributed by atoms with Crippen molar-refractivity contribution < 1.29 is 13.9 Å². The quantitative estimate of drug-likeness (QED) is 0.596. The molecule has 29 heavy (non-hydrogen) atoms. The van der Waals surface area contributed by atoms with Gasteiger partial charge in [0.05, 0.1) is 20.0 Å². The number of methoxy groups -OCH3 is 1. The van der Waals surface area contributed by atoms with Crippen molar-refractivity contribution >= 4 is 23.3 Å². The van der Waals surface area contributed by atoms with Gasteiger partial charge in [-0.1, -0.05) is 17.7 Å². The Kier molecular flexibility index (Phi) is 7.02. The summed E-state index contributed by atoms with van der Waals surface area (Å²) >= 11 is 6.16. The number of nitrogens with zero attached hydrogens (tertiary/aromatic N) is 4. The summed E-state index contributed by atoms with van der Waals surface area (Å²) in [4.78, 5) is 22.5. The molecule has 1 aromatic carbocycles. The van der Waals surface area contributed by atoms with E-state index in [1.165, 1.54) is 24.1 Å². The number of anilines is 1. The van der Waals surface area contributed by atoms with Crippen molar-refractivity contribution in [1.82, 2.24) is 19.4 Å². The zero-order valence-corrected chi connectivity index (χ0v) is 16.6. The van der Waals surface area contributed by atoms with Crippen LogP contribution in [0.3, 0.4) is 0 Å². The molecule has 0 bridgehead atoms. The molecule has 0 unspecified atom stereocenters. The second kappa shape index (κ2) is 9.88. The van der Waals surface area contributed by atoms with Crippen LogP contribution in [0.15, 0.2) is 55.2 Å². The number of aryl methyl sites for hydroxylation is 1. The number of carbonyl (C=O) groups is 1. The van der Waals surface area contributed by atoms with Crippen molar-refractivity contribution in [3.05, 3.63) is 71.7 Å². The van der Waals surface area contributed by atoms with Gasteiger partial charge >= 0.3 is 6.03 Å². The first-order valence-electron chi connectivity index (χ1n) is 9.02. The number of hydrogen-bond acceptors (Lipinski definition) is 4. The number of urea groups is 1. The molecule has 0 saturated heterocycles. The van der Waals surface area contributed by atoms with Gasteiger partial charge in [-0.25, -0.2) is 19.2 Å². The lowest BCUT2D eigenvalue weighted by Gasteiger charge is -2.24. The van der Waals surface area contributed by atoms with E-state index in [4.69, 9.17) is 16.3 Å². The van der Waals surface area contributed by atoms with E-state index >= 15 is 0 Å². The first-order valence-corrected chi connectivity index (χ1v) is 9.40. The zero-order valence-electron chi connectivity index (χ0n) is 15.9. The Bertz CT molecular complexity index is 932. The maximum atomic E-state index is 14.3. The molecule has 0 aliphatic carbocycles. The number of benzene rings is 1. The molecule has 0 spiro atoms. The van der Waals surface area contributed by atoms with E-state index in [0.29, 0.717) is 31.1 Å². The third-order valence-electron chi connectivity index (χ3n) is 4.31. The van der Waals surface area contributed by atoms with Gasteiger partial charge in [0.2, 0.25) is 5.88 Å². The molecule has 2 aromatic heterocycles. The molecular formula is C20H21ClFN5O2. The summed E-state index contributed by atoms with van der Waals surface area (Å²) in [7, 11) is 1.47. The predicted molar refractivity (Wildman–Crippen MR) is 108 cm³/mol. The van der Waals surface area contributed by atoms with E-state index in [2.05, 4.69) is 15.3 Å².